The molecule has 1 aromatic carbocycles. The number of carbonyl (C=O) groups is 1. The van der Waals surface area contributed by atoms with Crippen LogP contribution >= 0.6 is 15.9 Å². The highest BCUT2D eigenvalue weighted by atomic mass is 79.9. The number of hydrogen-bond acceptors (Lipinski definition) is 4. The Morgan fingerprint density at radius 2 is 1.95 bits per heavy atom. The van der Waals surface area contributed by atoms with Gasteiger partial charge in [-0.15, -0.1) is 0 Å². The molecule has 3 rings (SSSR count). The maximum absolute atomic E-state index is 12.3. The molecule has 2 aromatic heterocycles. The van der Waals surface area contributed by atoms with E-state index >= 15 is 0 Å². The number of hydrogen-bond donors (Lipinski definition) is 1. The highest BCUT2D eigenvalue weighted by Crippen LogP contribution is 2.20. The maximum atomic E-state index is 12.3. The van der Waals surface area contributed by atoms with Gasteiger partial charge in [-0.1, -0.05) is 15.9 Å². The van der Waals surface area contributed by atoms with Gasteiger partial charge in [0, 0.05) is 28.8 Å². The molecule has 0 unspecified atom stereocenters. The van der Waals surface area contributed by atoms with E-state index in [0.717, 1.165) is 15.7 Å². The summed E-state index contributed by atoms with van der Waals surface area (Å²) in [4.78, 5) is 24.7. The number of nitrogens with zero attached hydrogens (tertiary/aromatic N) is 3. The van der Waals surface area contributed by atoms with Crippen molar-refractivity contribution in [2.45, 2.75) is 6.92 Å². The molecule has 0 aliphatic rings. The lowest BCUT2D eigenvalue weighted by atomic mass is 10.2. The smallest absolute Gasteiger partial charge is 0.257 e. The molecule has 0 spiro atoms. The summed E-state index contributed by atoms with van der Waals surface area (Å²) in [5.41, 5.74) is 3.31. The lowest BCUT2D eigenvalue weighted by Crippen LogP contribution is -2.13. The van der Waals surface area contributed by atoms with Gasteiger partial charge >= 0.3 is 0 Å². The monoisotopic (exact) mass is 342 g/mol. The average molecular weight is 343 g/mol. The fourth-order valence-corrected chi connectivity index (χ4v) is 2.42. The summed E-state index contributed by atoms with van der Waals surface area (Å²) < 4.78 is 0.973. The van der Waals surface area contributed by atoms with Gasteiger partial charge in [0.15, 0.2) is 5.65 Å². The number of aromatic nitrogens is 3. The van der Waals surface area contributed by atoms with E-state index in [9.17, 15) is 4.79 Å². The quantitative estimate of drug-likeness (QED) is 0.775. The lowest BCUT2D eigenvalue weighted by Gasteiger charge is -2.08. The Morgan fingerprint density at radius 1 is 1.14 bits per heavy atom. The summed E-state index contributed by atoms with van der Waals surface area (Å²) >= 11 is 3.40. The number of anilines is 1. The molecule has 6 heteroatoms. The normalized spacial score (nSPS) is 10.6. The van der Waals surface area contributed by atoms with E-state index in [0.29, 0.717) is 16.7 Å². The summed E-state index contributed by atoms with van der Waals surface area (Å²) in [6, 6.07) is 7.36. The molecule has 0 atom stereocenters. The Kier molecular flexibility index (Phi) is 3.62. The van der Waals surface area contributed by atoms with E-state index in [1.165, 1.54) is 6.20 Å². The second-order valence-electron chi connectivity index (χ2n) is 4.54. The van der Waals surface area contributed by atoms with Crippen LogP contribution in [0.5, 0.6) is 0 Å². The summed E-state index contributed by atoms with van der Waals surface area (Å²) in [6.45, 7) is 1.94. The van der Waals surface area contributed by atoms with Gasteiger partial charge in [-0.05, 0) is 36.8 Å². The average Bonchev–Trinajstić information content (AvgIpc) is 2.49. The second-order valence-corrected chi connectivity index (χ2v) is 5.45. The fourth-order valence-electron chi connectivity index (χ4n) is 1.94. The van der Waals surface area contributed by atoms with E-state index in [1.807, 2.05) is 25.1 Å². The second kappa shape index (κ2) is 5.57. The highest BCUT2D eigenvalue weighted by Gasteiger charge is 2.10. The molecule has 1 N–H and O–H groups in total. The van der Waals surface area contributed by atoms with Crippen LogP contribution in [0.1, 0.15) is 15.9 Å². The van der Waals surface area contributed by atoms with E-state index < -0.39 is 0 Å². The number of carbonyl (C=O) groups excluding carboxylic acids is 1. The first-order valence-electron chi connectivity index (χ1n) is 6.28. The largest absolute Gasteiger partial charge is 0.322 e. The topological polar surface area (TPSA) is 67.8 Å². The van der Waals surface area contributed by atoms with E-state index in [2.05, 4.69) is 36.2 Å². The number of halogens is 1. The molecule has 3 aromatic rings. The summed E-state index contributed by atoms with van der Waals surface area (Å²) in [5, 5.41) is 2.87. The Morgan fingerprint density at radius 3 is 2.76 bits per heavy atom. The molecule has 1 amide bonds. The highest BCUT2D eigenvalue weighted by molar-refractivity contribution is 9.10. The van der Waals surface area contributed by atoms with Gasteiger partial charge in [0.05, 0.1) is 5.56 Å². The molecule has 5 nitrogen and oxygen atoms in total. The SMILES string of the molecule is Cc1cc(Br)ccc1NC(=O)c1cnc2nccnc2c1. The Balaban J connectivity index is 1.89. The molecule has 0 saturated carbocycles. The molecule has 0 radical (unpaired) electrons. The third-order valence-corrected chi connectivity index (χ3v) is 3.52. The summed E-state index contributed by atoms with van der Waals surface area (Å²) in [6.07, 6.45) is 4.64. The lowest BCUT2D eigenvalue weighted by molar-refractivity contribution is 0.102. The zero-order chi connectivity index (χ0) is 14.8. The Labute approximate surface area is 129 Å². The number of fused-ring (bicyclic) bond motifs is 1. The Hall–Kier alpha value is -2.34. The van der Waals surface area contributed by atoms with Crippen molar-refractivity contribution in [3.63, 3.8) is 0 Å². The van der Waals surface area contributed by atoms with Crippen molar-refractivity contribution in [3.8, 4) is 0 Å². The van der Waals surface area contributed by atoms with Crippen molar-refractivity contribution in [2.75, 3.05) is 5.32 Å². The standard InChI is InChI=1S/C15H11BrN4O/c1-9-6-11(16)2-3-12(9)20-15(21)10-7-13-14(19-8-10)18-5-4-17-13/h2-8H,1H3,(H,20,21). The van der Waals surface area contributed by atoms with Gasteiger partial charge in [0.25, 0.3) is 5.91 Å². The molecular formula is C15H11BrN4O. The summed E-state index contributed by atoms with van der Waals surface area (Å²) in [7, 11) is 0. The first-order valence-corrected chi connectivity index (χ1v) is 7.07. The van der Waals surface area contributed by atoms with Crippen LogP contribution in [0.15, 0.2) is 47.3 Å². The number of nitrogens with one attached hydrogen (secondary N) is 1. The molecule has 0 saturated heterocycles. The van der Waals surface area contributed by atoms with Crippen LogP contribution in [0.25, 0.3) is 11.2 Å². The molecule has 0 aliphatic carbocycles. The van der Waals surface area contributed by atoms with Crippen LogP contribution < -0.4 is 5.32 Å². The molecule has 21 heavy (non-hydrogen) atoms. The number of aryl methyl sites for hydroxylation is 1. The third kappa shape index (κ3) is 2.90. The van der Waals surface area contributed by atoms with Gasteiger partial charge in [-0.3, -0.25) is 9.78 Å². The Bertz CT molecular complexity index is 835. The van der Waals surface area contributed by atoms with Crippen LogP contribution in [-0.2, 0) is 0 Å². The minimum atomic E-state index is -0.222. The first kappa shape index (κ1) is 13.6. The van der Waals surface area contributed by atoms with Gasteiger partial charge in [-0.25, -0.2) is 9.97 Å². The van der Waals surface area contributed by atoms with Crippen molar-refractivity contribution in [2.24, 2.45) is 0 Å². The van der Waals surface area contributed by atoms with E-state index in [4.69, 9.17) is 0 Å². The van der Waals surface area contributed by atoms with E-state index in [-0.39, 0.29) is 5.91 Å². The van der Waals surface area contributed by atoms with Crippen molar-refractivity contribution in [1.82, 2.24) is 15.0 Å². The van der Waals surface area contributed by atoms with Gasteiger partial charge in [-0.2, -0.15) is 0 Å². The molecular weight excluding hydrogens is 332 g/mol. The van der Waals surface area contributed by atoms with Crippen LogP contribution in [0.3, 0.4) is 0 Å². The van der Waals surface area contributed by atoms with Gasteiger partial charge in [0.1, 0.15) is 5.52 Å². The van der Waals surface area contributed by atoms with Crippen LogP contribution in [0, 0.1) is 6.92 Å². The molecule has 0 aliphatic heterocycles. The molecule has 104 valence electrons. The summed E-state index contributed by atoms with van der Waals surface area (Å²) in [5.74, 6) is -0.222. The number of rotatable bonds is 2. The molecule has 2 heterocycles. The van der Waals surface area contributed by atoms with Crippen LogP contribution in [0.4, 0.5) is 5.69 Å². The van der Waals surface area contributed by atoms with Gasteiger partial charge < -0.3 is 5.32 Å². The maximum Gasteiger partial charge on any atom is 0.257 e. The van der Waals surface area contributed by atoms with Crippen LogP contribution in [0.2, 0.25) is 0 Å². The van der Waals surface area contributed by atoms with Gasteiger partial charge in [0.2, 0.25) is 0 Å². The van der Waals surface area contributed by atoms with Crippen molar-refractivity contribution >= 4 is 38.7 Å². The van der Waals surface area contributed by atoms with E-state index in [1.54, 1.807) is 18.5 Å². The van der Waals surface area contributed by atoms with Crippen molar-refractivity contribution < 1.29 is 4.79 Å². The fraction of sp³-hybridized carbons (Fsp3) is 0.0667. The zero-order valence-electron chi connectivity index (χ0n) is 11.2. The minimum Gasteiger partial charge on any atom is -0.322 e. The predicted octanol–water partition coefficient (Wildman–Crippen LogP) is 3.35. The van der Waals surface area contributed by atoms with Crippen molar-refractivity contribution in [3.05, 3.63) is 58.5 Å². The third-order valence-electron chi connectivity index (χ3n) is 3.02. The molecule has 0 fully saturated rings. The first-order chi connectivity index (χ1) is 10.1. The zero-order valence-corrected chi connectivity index (χ0v) is 12.8. The van der Waals surface area contributed by atoms with Crippen LogP contribution in [-0.4, -0.2) is 20.9 Å². The predicted molar refractivity (Wildman–Crippen MR) is 84.2 cm³/mol. The number of amides is 1. The van der Waals surface area contributed by atoms with Crippen molar-refractivity contribution in [1.29, 1.82) is 0 Å². The molecule has 0 bridgehead atoms. The number of benzene rings is 1. The minimum absolute atomic E-state index is 0.222. The number of pyridine rings is 1.